The molecule has 1 aromatic carbocycles. The number of carbonyl (C=O) groups excluding carboxylic acids is 2. The third-order valence-corrected chi connectivity index (χ3v) is 4.55. The molecule has 0 unspecified atom stereocenters. The number of amides is 1. The number of likely N-dealkylation sites (tertiary alicyclic amines) is 1. The molecule has 1 saturated heterocycles. The molecular weight excluding hydrogens is 266 g/mol. The summed E-state index contributed by atoms with van der Waals surface area (Å²) in [6.07, 6.45) is 0. The average Bonchev–Trinajstić information content (AvgIpc) is 2.92. The van der Waals surface area contributed by atoms with Crippen LogP contribution < -0.4 is 0 Å². The van der Waals surface area contributed by atoms with Gasteiger partial charge < -0.3 is 9.64 Å². The van der Waals surface area contributed by atoms with E-state index in [9.17, 15) is 9.59 Å². The molecule has 0 bridgehead atoms. The van der Waals surface area contributed by atoms with Crippen molar-refractivity contribution < 1.29 is 14.3 Å². The predicted octanol–water partition coefficient (Wildman–Crippen LogP) is 2.34. The zero-order chi connectivity index (χ0) is 15.4. The minimum atomic E-state index is -0.972. The molecular formula is C17H21NO3. The number of hydrogen-bond donors (Lipinski definition) is 0. The first-order chi connectivity index (χ1) is 9.78. The zero-order valence-electron chi connectivity index (χ0n) is 12.9. The Balaban J connectivity index is 1.96. The molecule has 2 aliphatic rings. The van der Waals surface area contributed by atoms with Crippen molar-refractivity contribution in [2.75, 3.05) is 6.54 Å². The smallest absolute Gasteiger partial charge is 0.303 e. The summed E-state index contributed by atoms with van der Waals surface area (Å²) in [7, 11) is 0. The molecule has 4 heteroatoms. The lowest BCUT2D eigenvalue weighted by Gasteiger charge is -2.35. The van der Waals surface area contributed by atoms with Gasteiger partial charge in [-0.25, -0.2) is 0 Å². The van der Waals surface area contributed by atoms with E-state index in [1.807, 2.05) is 56.0 Å². The summed E-state index contributed by atoms with van der Waals surface area (Å²) in [5.74, 6) is -0.379. The third kappa shape index (κ3) is 1.96. The van der Waals surface area contributed by atoms with Crippen molar-refractivity contribution in [2.24, 2.45) is 5.92 Å². The summed E-state index contributed by atoms with van der Waals surface area (Å²) in [5.41, 5.74) is -0.148. The number of piperidine rings is 1. The number of benzene rings is 1. The largest absolute Gasteiger partial charge is 0.448 e. The zero-order valence-corrected chi connectivity index (χ0v) is 12.9. The molecule has 0 N–H and O–H groups in total. The Bertz CT molecular complexity index is 590. The Morgan fingerprint density at radius 1 is 1.29 bits per heavy atom. The molecule has 1 saturated carbocycles. The Labute approximate surface area is 125 Å². The van der Waals surface area contributed by atoms with Gasteiger partial charge in [0, 0.05) is 30.8 Å². The number of rotatable bonds is 2. The second-order valence-corrected chi connectivity index (χ2v) is 6.97. The van der Waals surface area contributed by atoms with Gasteiger partial charge in [-0.3, -0.25) is 9.59 Å². The van der Waals surface area contributed by atoms with Crippen LogP contribution in [-0.2, 0) is 14.3 Å². The van der Waals surface area contributed by atoms with E-state index in [0.29, 0.717) is 6.54 Å². The molecule has 4 nitrogen and oxygen atoms in total. The lowest BCUT2D eigenvalue weighted by molar-refractivity contribution is -0.161. The van der Waals surface area contributed by atoms with Gasteiger partial charge in [0.1, 0.15) is 0 Å². The number of nitrogens with zero attached hydrogens (tertiary/aromatic N) is 1. The molecule has 2 fully saturated rings. The molecule has 1 heterocycles. The number of ether oxygens (including phenoxy) is 1. The molecule has 3 atom stereocenters. The summed E-state index contributed by atoms with van der Waals surface area (Å²) in [6, 6.07) is 9.86. The van der Waals surface area contributed by atoms with Crippen LogP contribution in [0.4, 0.5) is 0 Å². The van der Waals surface area contributed by atoms with E-state index in [-0.39, 0.29) is 29.3 Å². The van der Waals surface area contributed by atoms with Gasteiger partial charge in [0.15, 0.2) is 0 Å². The van der Waals surface area contributed by atoms with Gasteiger partial charge in [0.2, 0.25) is 5.60 Å². The first kappa shape index (κ1) is 14.1. The van der Waals surface area contributed by atoms with E-state index < -0.39 is 5.60 Å². The van der Waals surface area contributed by atoms with E-state index >= 15 is 0 Å². The van der Waals surface area contributed by atoms with Gasteiger partial charge in [-0.15, -0.1) is 0 Å². The molecule has 21 heavy (non-hydrogen) atoms. The van der Waals surface area contributed by atoms with Crippen molar-refractivity contribution >= 4 is 11.9 Å². The van der Waals surface area contributed by atoms with E-state index in [4.69, 9.17) is 4.74 Å². The van der Waals surface area contributed by atoms with E-state index in [1.54, 1.807) is 0 Å². The highest BCUT2D eigenvalue weighted by Gasteiger charge is 2.79. The molecule has 1 aliphatic heterocycles. The van der Waals surface area contributed by atoms with Crippen LogP contribution in [0, 0.1) is 5.92 Å². The Hall–Kier alpha value is -1.84. The maximum atomic E-state index is 12.9. The summed E-state index contributed by atoms with van der Waals surface area (Å²) < 4.78 is 5.55. The monoisotopic (exact) mass is 287 g/mol. The predicted molar refractivity (Wildman–Crippen MR) is 78.6 cm³/mol. The number of fused-ring (bicyclic) bond motifs is 1. The van der Waals surface area contributed by atoms with Crippen LogP contribution in [0.15, 0.2) is 30.3 Å². The molecule has 112 valence electrons. The lowest BCUT2D eigenvalue weighted by atomic mass is 10.0. The summed E-state index contributed by atoms with van der Waals surface area (Å²) in [4.78, 5) is 26.2. The average molecular weight is 287 g/mol. The summed E-state index contributed by atoms with van der Waals surface area (Å²) in [5, 5.41) is 0. The first-order valence-electron chi connectivity index (χ1n) is 7.35. The highest BCUT2D eigenvalue weighted by Crippen LogP contribution is 2.65. The van der Waals surface area contributed by atoms with Crippen molar-refractivity contribution in [3.8, 4) is 0 Å². The van der Waals surface area contributed by atoms with Crippen molar-refractivity contribution in [1.82, 2.24) is 4.90 Å². The van der Waals surface area contributed by atoms with Gasteiger partial charge in [-0.05, 0) is 26.3 Å². The SMILES string of the molecule is CC(=O)O[C@@]12C(=O)N(C(C)(C)C)C[C@@H]1[C@@H]2c1ccccc1. The van der Waals surface area contributed by atoms with E-state index in [0.717, 1.165) is 5.56 Å². The highest BCUT2D eigenvalue weighted by molar-refractivity contribution is 5.96. The molecule has 1 aliphatic carbocycles. The summed E-state index contributed by atoms with van der Waals surface area (Å²) >= 11 is 0. The van der Waals surface area contributed by atoms with Crippen molar-refractivity contribution in [3.63, 3.8) is 0 Å². The maximum Gasteiger partial charge on any atom is 0.303 e. The van der Waals surface area contributed by atoms with Gasteiger partial charge in [0.25, 0.3) is 5.91 Å². The molecule has 0 radical (unpaired) electrons. The van der Waals surface area contributed by atoms with E-state index in [2.05, 4.69) is 0 Å². The fourth-order valence-corrected chi connectivity index (χ4v) is 3.60. The van der Waals surface area contributed by atoms with Crippen molar-refractivity contribution in [1.29, 1.82) is 0 Å². The molecule has 1 aromatic rings. The van der Waals surface area contributed by atoms with Gasteiger partial charge in [-0.1, -0.05) is 30.3 Å². The Kier molecular flexibility index (Phi) is 2.91. The van der Waals surface area contributed by atoms with Crippen molar-refractivity contribution in [2.45, 2.75) is 44.8 Å². The number of hydrogen-bond acceptors (Lipinski definition) is 3. The molecule has 0 spiro atoms. The van der Waals surface area contributed by atoms with E-state index in [1.165, 1.54) is 6.92 Å². The number of esters is 1. The fraction of sp³-hybridized carbons (Fsp3) is 0.529. The second kappa shape index (κ2) is 4.33. The van der Waals surface area contributed by atoms with Gasteiger partial charge in [-0.2, -0.15) is 0 Å². The number of carbonyl (C=O) groups is 2. The van der Waals surface area contributed by atoms with Gasteiger partial charge >= 0.3 is 5.97 Å². The first-order valence-corrected chi connectivity index (χ1v) is 7.35. The van der Waals surface area contributed by atoms with Crippen LogP contribution in [-0.4, -0.2) is 34.5 Å². The lowest BCUT2D eigenvalue weighted by Crippen LogP contribution is -2.48. The summed E-state index contributed by atoms with van der Waals surface area (Å²) in [6.45, 7) is 8.05. The third-order valence-electron chi connectivity index (χ3n) is 4.55. The van der Waals surface area contributed by atoms with Crippen LogP contribution in [0.3, 0.4) is 0 Å². The minimum absolute atomic E-state index is 0.00583. The molecule has 3 rings (SSSR count). The molecule has 0 aromatic heterocycles. The standard InChI is InChI=1S/C17H21NO3/c1-11(19)21-17-13(10-18(15(17)20)16(2,3)4)14(17)12-8-6-5-7-9-12/h5-9,13-14H,10H2,1-4H3/t13-,14+,17+/m1/s1. The Morgan fingerprint density at radius 2 is 1.90 bits per heavy atom. The van der Waals surface area contributed by atoms with Crippen LogP contribution in [0.1, 0.15) is 39.2 Å². The van der Waals surface area contributed by atoms with Crippen LogP contribution in [0.25, 0.3) is 0 Å². The highest BCUT2D eigenvalue weighted by atomic mass is 16.6. The normalized spacial score (nSPS) is 31.0. The topological polar surface area (TPSA) is 46.6 Å². The maximum absolute atomic E-state index is 12.9. The minimum Gasteiger partial charge on any atom is -0.448 e. The molecule has 1 amide bonds. The van der Waals surface area contributed by atoms with Crippen LogP contribution in [0.2, 0.25) is 0 Å². The van der Waals surface area contributed by atoms with Gasteiger partial charge in [0.05, 0.1) is 0 Å². The quantitative estimate of drug-likeness (QED) is 0.784. The van der Waals surface area contributed by atoms with Crippen LogP contribution in [0.5, 0.6) is 0 Å². The van der Waals surface area contributed by atoms with Crippen molar-refractivity contribution in [3.05, 3.63) is 35.9 Å². The second-order valence-electron chi connectivity index (χ2n) is 6.97. The van der Waals surface area contributed by atoms with Crippen LogP contribution >= 0.6 is 0 Å². The Morgan fingerprint density at radius 3 is 2.43 bits per heavy atom. The fourth-order valence-electron chi connectivity index (χ4n) is 3.60.